The van der Waals surface area contributed by atoms with Crippen molar-refractivity contribution >= 4 is 0 Å². The third kappa shape index (κ3) is 3.51. The molecule has 2 heteroatoms. The van der Waals surface area contributed by atoms with Gasteiger partial charge in [0.15, 0.2) is 0 Å². The van der Waals surface area contributed by atoms with E-state index in [1.807, 2.05) is 19.1 Å². The van der Waals surface area contributed by atoms with Crippen LogP contribution < -0.4 is 5.73 Å². The van der Waals surface area contributed by atoms with Crippen LogP contribution in [0.3, 0.4) is 0 Å². The first-order chi connectivity index (χ1) is 5.63. The smallest absolute Gasteiger partial charge is 0.0938 e. The zero-order valence-corrected chi connectivity index (χ0v) is 7.70. The minimum absolute atomic E-state index is 0.257. The van der Waals surface area contributed by atoms with Crippen LogP contribution in [-0.2, 0) is 0 Å². The summed E-state index contributed by atoms with van der Waals surface area (Å²) in [6.45, 7) is 7.22. The van der Waals surface area contributed by atoms with Gasteiger partial charge in [-0.3, -0.25) is 0 Å². The maximum absolute atomic E-state index is 9.56. The van der Waals surface area contributed by atoms with Crippen LogP contribution in [0.5, 0.6) is 0 Å². The van der Waals surface area contributed by atoms with E-state index in [1.165, 1.54) is 0 Å². The summed E-state index contributed by atoms with van der Waals surface area (Å²) in [5.74, 6) is 0. The Morgan fingerprint density at radius 1 is 1.58 bits per heavy atom. The minimum Gasteiger partial charge on any atom is -0.387 e. The molecule has 0 rings (SSSR count). The van der Waals surface area contributed by atoms with Crippen molar-refractivity contribution in [1.29, 1.82) is 0 Å². The summed E-state index contributed by atoms with van der Waals surface area (Å²) >= 11 is 0. The molecule has 3 N–H and O–H groups in total. The number of nitrogens with two attached hydrogens (primary N) is 1. The third-order valence-electron chi connectivity index (χ3n) is 1.51. The molecule has 0 spiro atoms. The molecule has 2 unspecified atom stereocenters. The van der Waals surface area contributed by atoms with Crippen LogP contribution in [0.15, 0.2) is 36.5 Å². The number of hydrogen-bond donors (Lipinski definition) is 2. The SMILES string of the molecule is C=C/C=C(\C=C/C)C(O)C(C)N. The highest BCUT2D eigenvalue weighted by Gasteiger charge is 2.11. The molecule has 2 nitrogen and oxygen atoms in total. The minimum atomic E-state index is -0.612. The Kier molecular flexibility index (Phi) is 5.34. The lowest BCUT2D eigenvalue weighted by atomic mass is 10.0. The summed E-state index contributed by atoms with van der Waals surface area (Å²) in [6, 6.07) is -0.257. The Labute approximate surface area is 74.1 Å². The van der Waals surface area contributed by atoms with Gasteiger partial charge in [0.2, 0.25) is 0 Å². The van der Waals surface area contributed by atoms with Crippen LogP contribution in [0.4, 0.5) is 0 Å². The fraction of sp³-hybridized carbons (Fsp3) is 0.400. The number of aliphatic hydroxyl groups is 1. The van der Waals surface area contributed by atoms with E-state index in [0.717, 1.165) is 5.57 Å². The molecular formula is C10H17NO. The van der Waals surface area contributed by atoms with Crippen LogP contribution >= 0.6 is 0 Å². The predicted octanol–water partition coefficient (Wildman–Crippen LogP) is 1.38. The average Bonchev–Trinajstić information content (AvgIpc) is 2.03. The van der Waals surface area contributed by atoms with Gasteiger partial charge >= 0.3 is 0 Å². The van der Waals surface area contributed by atoms with Crippen LogP contribution in [0, 0.1) is 0 Å². The molecule has 0 aliphatic carbocycles. The van der Waals surface area contributed by atoms with Gasteiger partial charge in [0.1, 0.15) is 0 Å². The summed E-state index contributed by atoms with van der Waals surface area (Å²) in [5.41, 5.74) is 6.33. The molecule has 0 aliphatic heterocycles. The van der Waals surface area contributed by atoms with E-state index in [9.17, 15) is 5.11 Å². The highest BCUT2D eigenvalue weighted by molar-refractivity contribution is 5.27. The maximum Gasteiger partial charge on any atom is 0.0938 e. The highest BCUT2D eigenvalue weighted by Crippen LogP contribution is 2.07. The van der Waals surface area contributed by atoms with Crippen molar-refractivity contribution in [3.05, 3.63) is 36.5 Å². The second kappa shape index (κ2) is 5.75. The van der Waals surface area contributed by atoms with Gasteiger partial charge in [-0.15, -0.1) is 0 Å². The van der Waals surface area contributed by atoms with Crippen LogP contribution in [-0.4, -0.2) is 17.3 Å². The van der Waals surface area contributed by atoms with Gasteiger partial charge in [0.25, 0.3) is 0 Å². The second-order valence-corrected chi connectivity index (χ2v) is 2.71. The molecule has 0 saturated heterocycles. The van der Waals surface area contributed by atoms with Gasteiger partial charge in [-0.1, -0.05) is 30.9 Å². The molecule has 0 aromatic heterocycles. The lowest BCUT2D eigenvalue weighted by Crippen LogP contribution is -2.32. The Bertz CT molecular complexity index is 192. The zero-order valence-electron chi connectivity index (χ0n) is 7.70. The lowest BCUT2D eigenvalue weighted by molar-refractivity contribution is 0.190. The average molecular weight is 167 g/mol. The molecule has 0 aromatic rings. The molecular weight excluding hydrogens is 150 g/mol. The van der Waals surface area contributed by atoms with Crippen molar-refractivity contribution in [2.45, 2.75) is 26.0 Å². The Balaban J connectivity index is 4.50. The summed E-state index contributed by atoms with van der Waals surface area (Å²) in [5, 5.41) is 9.56. The van der Waals surface area contributed by atoms with E-state index >= 15 is 0 Å². The van der Waals surface area contributed by atoms with Crippen molar-refractivity contribution < 1.29 is 5.11 Å². The number of aliphatic hydroxyl groups excluding tert-OH is 1. The summed E-state index contributed by atoms with van der Waals surface area (Å²) in [4.78, 5) is 0. The van der Waals surface area contributed by atoms with Gasteiger partial charge in [0, 0.05) is 6.04 Å². The van der Waals surface area contributed by atoms with Crippen molar-refractivity contribution in [3.8, 4) is 0 Å². The molecule has 0 heterocycles. The molecule has 0 radical (unpaired) electrons. The van der Waals surface area contributed by atoms with Crippen molar-refractivity contribution in [1.82, 2.24) is 0 Å². The maximum atomic E-state index is 9.56. The molecule has 0 aliphatic rings. The third-order valence-corrected chi connectivity index (χ3v) is 1.51. The Hall–Kier alpha value is -0.860. The first-order valence-corrected chi connectivity index (χ1v) is 4.02. The van der Waals surface area contributed by atoms with Crippen molar-refractivity contribution in [3.63, 3.8) is 0 Å². The summed E-state index contributed by atoms with van der Waals surface area (Å²) < 4.78 is 0. The fourth-order valence-corrected chi connectivity index (χ4v) is 0.885. The van der Waals surface area contributed by atoms with Gasteiger partial charge in [-0.25, -0.2) is 0 Å². The largest absolute Gasteiger partial charge is 0.387 e. The standard InChI is InChI=1S/C10H17NO/c1-4-6-9(7-5-2)10(12)8(3)11/h4-8,10,12H,1,11H2,2-3H3/b7-5-,9-6+. The molecule has 0 fully saturated rings. The van der Waals surface area contributed by atoms with Crippen molar-refractivity contribution in [2.75, 3.05) is 0 Å². The van der Waals surface area contributed by atoms with E-state index in [-0.39, 0.29) is 6.04 Å². The molecule has 2 atom stereocenters. The van der Waals surface area contributed by atoms with E-state index < -0.39 is 6.10 Å². The number of hydrogen-bond acceptors (Lipinski definition) is 2. The zero-order chi connectivity index (χ0) is 9.56. The van der Waals surface area contributed by atoms with Crippen LogP contribution in [0.25, 0.3) is 0 Å². The first-order valence-electron chi connectivity index (χ1n) is 4.02. The van der Waals surface area contributed by atoms with Gasteiger partial charge in [0.05, 0.1) is 6.10 Å². The molecule has 0 amide bonds. The molecule has 68 valence electrons. The Morgan fingerprint density at radius 2 is 2.17 bits per heavy atom. The van der Waals surface area contributed by atoms with E-state index in [0.29, 0.717) is 0 Å². The first kappa shape index (κ1) is 11.1. The molecule has 0 aromatic carbocycles. The lowest BCUT2D eigenvalue weighted by Gasteiger charge is -2.15. The summed E-state index contributed by atoms with van der Waals surface area (Å²) in [6.07, 6.45) is 6.48. The topological polar surface area (TPSA) is 46.2 Å². The van der Waals surface area contributed by atoms with Gasteiger partial charge in [-0.2, -0.15) is 0 Å². The molecule has 12 heavy (non-hydrogen) atoms. The van der Waals surface area contributed by atoms with Crippen LogP contribution in [0.1, 0.15) is 13.8 Å². The number of rotatable bonds is 4. The summed E-state index contributed by atoms with van der Waals surface area (Å²) in [7, 11) is 0. The Morgan fingerprint density at radius 3 is 2.50 bits per heavy atom. The monoisotopic (exact) mass is 167 g/mol. The molecule has 0 bridgehead atoms. The second-order valence-electron chi connectivity index (χ2n) is 2.71. The quantitative estimate of drug-likeness (QED) is 0.621. The highest BCUT2D eigenvalue weighted by atomic mass is 16.3. The van der Waals surface area contributed by atoms with Gasteiger partial charge < -0.3 is 10.8 Å². The van der Waals surface area contributed by atoms with Crippen molar-refractivity contribution in [2.24, 2.45) is 5.73 Å². The van der Waals surface area contributed by atoms with E-state index in [4.69, 9.17) is 5.73 Å². The molecule has 0 saturated carbocycles. The van der Waals surface area contributed by atoms with Crippen LogP contribution in [0.2, 0.25) is 0 Å². The van der Waals surface area contributed by atoms with Gasteiger partial charge in [-0.05, 0) is 19.4 Å². The normalized spacial score (nSPS) is 17.8. The predicted molar refractivity (Wildman–Crippen MR) is 52.8 cm³/mol. The van der Waals surface area contributed by atoms with E-state index in [1.54, 1.807) is 19.1 Å². The van der Waals surface area contributed by atoms with E-state index in [2.05, 4.69) is 6.58 Å². The number of allylic oxidation sites excluding steroid dienone is 3. The fourth-order valence-electron chi connectivity index (χ4n) is 0.885.